The van der Waals surface area contributed by atoms with Crippen molar-refractivity contribution in [2.24, 2.45) is 11.7 Å². The number of phosphoric acid groups is 1. The second-order valence-electron chi connectivity index (χ2n) is 17.8. The third kappa shape index (κ3) is 15.0. The number of rotatable bonds is 20. The van der Waals surface area contributed by atoms with E-state index in [0.717, 1.165) is 46.5 Å². The number of aromatic nitrogens is 6. The molecule has 0 aliphatic carbocycles. The maximum Gasteiger partial charge on any atom is 0.389 e. The molecule has 7 heterocycles. The van der Waals surface area contributed by atoms with Crippen molar-refractivity contribution in [1.82, 2.24) is 55.2 Å². The zero-order chi connectivity index (χ0) is 55.1. The number of unbranched alkanes of at least 4 members (excludes halogenated alkanes) is 1. The number of urea groups is 1. The van der Waals surface area contributed by atoms with Crippen LogP contribution < -0.4 is 48.9 Å². The number of aromatic amines is 1. The summed E-state index contributed by atoms with van der Waals surface area (Å²) >= 11 is 0.393. The minimum Gasteiger partial charge on any atom is -0.756 e. The molecule has 0 spiro atoms. The van der Waals surface area contributed by atoms with Gasteiger partial charge in [0.05, 0.1) is 19.5 Å². The smallest absolute Gasteiger partial charge is 0.389 e. The number of carbonyl (C=O) groups is 6. The van der Waals surface area contributed by atoms with Crippen molar-refractivity contribution in [3.8, 4) is 0 Å². The first-order chi connectivity index (χ1) is 36.0. The number of carbonyl (C=O) groups excluding carboxylic acids is 6. The van der Waals surface area contributed by atoms with Gasteiger partial charge in [-0.05, 0) is 43.0 Å². The van der Waals surface area contributed by atoms with E-state index in [-0.39, 0.29) is 75.5 Å². The van der Waals surface area contributed by atoms with E-state index in [1.54, 1.807) is 13.8 Å². The van der Waals surface area contributed by atoms with Gasteiger partial charge in [-0.15, -0.1) is 0 Å². The molecule has 0 radical (unpaired) electrons. The zero-order valence-electron chi connectivity index (χ0n) is 40.4. The van der Waals surface area contributed by atoms with E-state index in [1.807, 2.05) is 4.98 Å². The van der Waals surface area contributed by atoms with Gasteiger partial charge in [-0.3, -0.25) is 61.4 Å². The summed E-state index contributed by atoms with van der Waals surface area (Å²) in [6.45, 7) is -3.89. The number of imidazole rings is 1. The number of amides is 7. The van der Waals surface area contributed by atoms with Crippen LogP contribution >= 0.6 is 26.0 Å². The van der Waals surface area contributed by atoms with Crippen LogP contribution in [0, 0.1) is 5.92 Å². The molecule has 4 aliphatic heterocycles. The van der Waals surface area contributed by atoms with Gasteiger partial charge in [-0.25, -0.2) is 37.9 Å². The number of primary amides is 1. The molecule has 0 bridgehead atoms. The SMILES string of the molecule is C.CC(C)C(NC(=O)CCCCN1C(=O)C=CC1=O)C(=O)NC(CCCNC(N)=O)C(=O)NCCSP1(=O)OC[C@H]2O[C@@H](n3cnc4c(N)ncnc43)[C@H](F)[C@@H]2OP(=O)([O-])OC[C@H]2O[C@@H](n3ccc(=O)[nH]c3=O)[C@H](F)[C@@H]2O1. The highest BCUT2D eigenvalue weighted by molar-refractivity contribution is 8.55. The van der Waals surface area contributed by atoms with Crippen molar-refractivity contribution in [2.75, 3.05) is 44.3 Å². The van der Waals surface area contributed by atoms with E-state index < -0.39 is 142 Å². The quantitative estimate of drug-likeness (QED) is 0.0425. The number of ether oxygens (including phenoxy) is 2. The predicted octanol–water partition coefficient (Wildman–Crippen LogP) is -0.522. The molecule has 4 aliphatic rings. The Kier molecular flexibility index (Phi) is 20.4. The second kappa shape index (κ2) is 26.1. The number of hydrogen-bond acceptors (Lipinski definition) is 22. The monoisotopic (exact) mass is 1150 g/mol. The molecule has 12 atom stereocenters. The van der Waals surface area contributed by atoms with E-state index >= 15 is 8.78 Å². The normalized spacial score (nSPS) is 28.2. The number of anilines is 1. The van der Waals surface area contributed by atoms with E-state index in [0.29, 0.717) is 22.4 Å². The number of halogens is 2. The van der Waals surface area contributed by atoms with Crippen molar-refractivity contribution >= 4 is 78.6 Å². The van der Waals surface area contributed by atoms with E-state index in [2.05, 4.69) is 36.2 Å². The molecule has 9 N–H and O–H groups in total. The standard InChI is InChI=1S/C41H55F2N13O17P2S.CH4/c1-20(2)30(52-24(57)7-3-4-13-54-26(59)8-9-27(54)60)37(62)51-21(6-5-11-47-40(45)63)36(61)46-12-15-76-75(67)69-17-23-32(28(42)39(71-23)56-19-50-31-34(44)48-18-49-35(31)56)72-74(65,66)68-16-22-33(73-75)29(43)38(70-22)55-14-10-25(58)53-41(55)64;/h8-10,14,18-23,28-30,32-33,38-39H,3-7,11-13,15-17H2,1-2H3,(H,46,61)(H,51,62)(H,52,57)(H,65,66)(H2,44,48,49)(H3,45,47,63)(H,53,58,64);1H4/p-1/t21?,22-,23-,28-,29-,30?,32-,33-,38-,39-,75?;/m1./s1. The van der Waals surface area contributed by atoms with Crippen LogP contribution in [-0.4, -0.2) is 157 Å². The molecule has 3 saturated heterocycles. The highest BCUT2D eigenvalue weighted by Crippen LogP contribution is 2.63. The van der Waals surface area contributed by atoms with E-state index in [1.165, 1.54) is 0 Å². The molecule has 3 aromatic heterocycles. The topological polar surface area (TPSA) is 417 Å². The van der Waals surface area contributed by atoms with Crippen LogP contribution in [0.25, 0.3) is 11.2 Å². The average Bonchev–Trinajstić information content (AvgIpc) is 4.11. The minimum atomic E-state index is -5.58. The van der Waals surface area contributed by atoms with Crippen LogP contribution in [-0.2, 0) is 60.7 Å². The fraction of sp³-hybridized carbons (Fsp3) is 0.595. The van der Waals surface area contributed by atoms with E-state index in [4.69, 9.17) is 39.0 Å². The number of nitrogens with one attached hydrogen (secondary N) is 5. The number of nitrogens with zero attached hydrogens (tertiary/aromatic N) is 6. The number of nitrogens with two attached hydrogens (primary N) is 2. The van der Waals surface area contributed by atoms with Crippen LogP contribution in [0.15, 0.2) is 46.7 Å². The van der Waals surface area contributed by atoms with Gasteiger partial charge in [0.15, 0.2) is 36.3 Å². The van der Waals surface area contributed by atoms with Crippen LogP contribution in [0.1, 0.15) is 65.8 Å². The summed E-state index contributed by atoms with van der Waals surface area (Å²) in [7, 11) is -5.58. The number of phosphoric ester groups is 1. The molecule has 0 aromatic carbocycles. The van der Waals surface area contributed by atoms with Crippen molar-refractivity contribution in [3.05, 3.63) is 57.9 Å². The fourth-order valence-electron chi connectivity index (χ4n) is 8.29. The van der Waals surface area contributed by atoms with Gasteiger partial charge >= 0.3 is 18.5 Å². The maximum atomic E-state index is 16.6. The number of H-pyrrole nitrogens is 1. The zero-order valence-corrected chi connectivity index (χ0v) is 43.0. The molecule has 30 nitrogen and oxygen atoms in total. The Bertz CT molecular complexity index is 2900. The highest BCUT2D eigenvalue weighted by Gasteiger charge is 2.54. The number of hydrogen-bond donors (Lipinski definition) is 7. The summed E-state index contributed by atoms with van der Waals surface area (Å²) in [4.78, 5) is 128. The Balaban J connectivity index is 0.00000961. The number of nitrogen functional groups attached to an aromatic ring is 1. The first kappa shape index (κ1) is 60.2. The molecular weight excluding hydrogens is 1090 g/mol. The molecule has 77 heavy (non-hydrogen) atoms. The third-order valence-electron chi connectivity index (χ3n) is 12.1. The average molecular weight is 1150 g/mol. The third-order valence-corrected chi connectivity index (χ3v) is 16.8. The lowest BCUT2D eigenvalue weighted by molar-refractivity contribution is -0.235. The van der Waals surface area contributed by atoms with Gasteiger partial charge in [0.2, 0.25) is 17.7 Å². The molecule has 4 unspecified atom stereocenters. The van der Waals surface area contributed by atoms with Crippen LogP contribution in [0.5, 0.6) is 0 Å². The summed E-state index contributed by atoms with van der Waals surface area (Å²) in [5.41, 5.74) is 9.12. The second-order valence-corrected chi connectivity index (χ2v) is 23.3. The number of fused-ring (bicyclic) bond motifs is 3. The van der Waals surface area contributed by atoms with Crippen molar-refractivity contribution in [3.63, 3.8) is 0 Å². The largest absolute Gasteiger partial charge is 0.756 e. The molecular formula is C42H58F2N13O17P2S-. The Morgan fingerprint density at radius 1 is 0.883 bits per heavy atom. The fourth-order valence-corrected chi connectivity index (χ4v) is 12.6. The lowest BCUT2D eigenvalue weighted by Crippen LogP contribution is -2.55. The Hall–Kier alpha value is -6.02. The van der Waals surface area contributed by atoms with Crippen LogP contribution in [0.4, 0.5) is 19.4 Å². The van der Waals surface area contributed by atoms with Gasteiger partial charge in [-0.1, -0.05) is 21.3 Å². The molecule has 3 aromatic rings. The number of imide groups is 1. The first-order valence-corrected chi connectivity index (χ1v) is 28.1. The molecule has 3 fully saturated rings. The molecule has 424 valence electrons. The Labute approximate surface area is 440 Å². The molecule has 7 rings (SSSR count). The van der Waals surface area contributed by atoms with Gasteiger partial charge < -0.3 is 56.1 Å². The van der Waals surface area contributed by atoms with Crippen molar-refractivity contribution in [2.45, 2.75) is 115 Å². The first-order valence-electron chi connectivity index (χ1n) is 23.5. The molecule has 7 amide bonds. The molecule has 0 saturated carbocycles. The summed E-state index contributed by atoms with van der Waals surface area (Å²) in [6, 6.07) is -2.43. The summed E-state index contributed by atoms with van der Waals surface area (Å²) in [5.74, 6) is -3.91. The molecule has 35 heteroatoms. The van der Waals surface area contributed by atoms with E-state index in [9.17, 15) is 52.4 Å². The van der Waals surface area contributed by atoms with Crippen molar-refractivity contribution in [1.29, 1.82) is 0 Å². The Morgan fingerprint density at radius 2 is 1.55 bits per heavy atom. The van der Waals surface area contributed by atoms with Gasteiger partial charge in [0.25, 0.3) is 25.2 Å². The lowest BCUT2D eigenvalue weighted by atomic mass is 10.0. The predicted molar refractivity (Wildman–Crippen MR) is 263 cm³/mol. The summed E-state index contributed by atoms with van der Waals surface area (Å²) in [5, 5.41) is 10.2. The highest BCUT2D eigenvalue weighted by atomic mass is 32.7. The number of alkyl halides is 2. The minimum absolute atomic E-state index is 0. The van der Waals surface area contributed by atoms with Crippen LogP contribution in [0.2, 0.25) is 0 Å². The van der Waals surface area contributed by atoms with Crippen LogP contribution in [0.3, 0.4) is 0 Å². The maximum absolute atomic E-state index is 16.6. The summed E-state index contributed by atoms with van der Waals surface area (Å²) < 4.78 is 96.4. The van der Waals surface area contributed by atoms with Gasteiger partial charge in [0, 0.05) is 56.2 Å². The lowest BCUT2D eigenvalue weighted by Gasteiger charge is -2.32. The van der Waals surface area contributed by atoms with Crippen molar-refractivity contribution < 1.29 is 79.1 Å². The van der Waals surface area contributed by atoms with Gasteiger partial charge in [0.1, 0.15) is 48.3 Å². The van der Waals surface area contributed by atoms with Gasteiger partial charge in [-0.2, -0.15) is 0 Å². The Morgan fingerprint density at radius 3 is 2.21 bits per heavy atom. The summed E-state index contributed by atoms with van der Waals surface area (Å²) in [6.07, 6.45) is -10.2.